The highest BCUT2D eigenvalue weighted by Gasteiger charge is 2.32. The van der Waals surface area contributed by atoms with Crippen LogP contribution in [0.1, 0.15) is 32.1 Å². The highest BCUT2D eigenvalue weighted by Crippen LogP contribution is 2.26. The van der Waals surface area contributed by atoms with Gasteiger partial charge in [0, 0.05) is 18.8 Å². The summed E-state index contributed by atoms with van der Waals surface area (Å²) in [5.41, 5.74) is 0.809. The van der Waals surface area contributed by atoms with E-state index in [4.69, 9.17) is 4.74 Å². The average Bonchev–Trinajstić information content (AvgIpc) is 3.10. The van der Waals surface area contributed by atoms with Crippen LogP contribution in [-0.4, -0.2) is 57.1 Å². The lowest BCUT2D eigenvalue weighted by molar-refractivity contribution is -0.133. The number of hydrogen-bond donors (Lipinski definition) is 2. The number of aromatic amines is 1. The topological polar surface area (TPSA) is 83.1 Å². The Hall–Kier alpha value is -2.41. The molecule has 4 rings (SSSR count). The third kappa shape index (κ3) is 3.44. The Kier molecular flexibility index (Phi) is 4.88. The van der Waals surface area contributed by atoms with E-state index in [-0.39, 0.29) is 18.0 Å². The van der Waals surface area contributed by atoms with Crippen molar-refractivity contribution in [3.8, 4) is 0 Å². The van der Waals surface area contributed by atoms with E-state index in [1.54, 1.807) is 6.33 Å². The first-order chi connectivity index (χ1) is 12.7. The van der Waals surface area contributed by atoms with Crippen LogP contribution in [-0.2, 0) is 9.53 Å². The quantitative estimate of drug-likeness (QED) is 0.778. The molecule has 138 valence electrons. The lowest BCUT2D eigenvalue weighted by atomic mass is 9.95. The van der Waals surface area contributed by atoms with E-state index in [1.807, 2.05) is 17.2 Å². The van der Waals surface area contributed by atoms with E-state index in [1.165, 1.54) is 12.5 Å². The van der Waals surface area contributed by atoms with Crippen molar-refractivity contribution in [2.24, 2.45) is 0 Å². The molecule has 2 aromatic rings. The van der Waals surface area contributed by atoms with Crippen molar-refractivity contribution in [2.75, 3.05) is 18.5 Å². The van der Waals surface area contributed by atoms with Crippen molar-refractivity contribution >= 4 is 22.8 Å². The normalized spacial score (nSPS) is 23.6. The Morgan fingerprint density at radius 1 is 1.38 bits per heavy atom. The summed E-state index contributed by atoms with van der Waals surface area (Å²) in [6.07, 6.45) is 10.6. The molecule has 0 bridgehead atoms. The molecule has 7 heteroatoms. The lowest BCUT2D eigenvalue weighted by Gasteiger charge is -2.40. The number of anilines is 1. The van der Waals surface area contributed by atoms with Gasteiger partial charge < -0.3 is 19.9 Å². The number of carbonyl (C=O) groups is 1. The molecule has 1 amide bonds. The number of fused-ring (bicyclic) bond motifs is 1. The Morgan fingerprint density at radius 3 is 3.04 bits per heavy atom. The van der Waals surface area contributed by atoms with Crippen molar-refractivity contribution in [2.45, 2.75) is 50.3 Å². The molecule has 2 aliphatic rings. The van der Waals surface area contributed by atoms with Gasteiger partial charge in [0.2, 0.25) is 5.91 Å². The molecule has 26 heavy (non-hydrogen) atoms. The summed E-state index contributed by atoms with van der Waals surface area (Å²) in [6, 6.07) is 2.23. The predicted molar refractivity (Wildman–Crippen MR) is 99.8 cm³/mol. The number of nitrogens with zero attached hydrogens (tertiary/aromatic N) is 3. The fraction of sp³-hybridized carbons (Fsp3) is 0.526. The molecule has 2 aromatic heterocycles. The van der Waals surface area contributed by atoms with Gasteiger partial charge in [-0.1, -0.05) is 6.58 Å². The van der Waals surface area contributed by atoms with Crippen LogP contribution in [0, 0.1) is 0 Å². The maximum absolute atomic E-state index is 12.4. The molecule has 1 saturated heterocycles. The van der Waals surface area contributed by atoms with Gasteiger partial charge in [-0.05, 0) is 44.2 Å². The predicted octanol–water partition coefficient (Wildman–Crippen LogP) is 2.48. The molecule has 2 fully saturated rings. The van der Waals surface area contributed by atoms with Crippen LogP contribution in [0.2, 0.25) is 0 Å². The summed E-state index contributed by atoms with van der Waals surface area (Å²) in [4.78, 5) is 25.9. The third-order valence-corrected chi connectivity index (χ3v) is 5.44. The fourth-order valence-electron chi connectivity index (χ4n) is 3.67. The van der Waals surface area contributed by atoms with Gasteiger partial charge in [-0.25, -0.2) is 9.97 Å². The minimum Gasteiger partial charge on any atom is -0.376 e. The van der Waals surface area contributed by atoms with Crippen molar-refractivity contribution in [3.05, 3.63) is 31.2 Å². The minimum atomic E-state index is -0.0341. The molecule has 0 spiro atoms. The van der Waals surface area contributed by atoms with Gasteiger partial charge in [-0.2, -0.15) is 0 Å². The second-order valence-electron chi connectivity index (χ2n) is 7.12. The van der Waals surface area contributed by atoms with Gasteiger partial charge in [0.05, 0.1) is 24.1 Å². The smallest absolute Gasteiger partial charge is 0.246 e. The third-order valence-electron chi connectivity index (χ3n) is 5.44. The number of piperidine rings is 1. The van der Waals surface area contributed by atoms with Gasteiger partial charge in [-0.15, -0.1) is 0 Å². The largest absolute Gasteiger partial charge is 0.376 e. The molecule has 1 saturated carbocycles. The van der Waals surface area contributed by atoms with Gasteiger partial charge >= 0.3 is 0 Å². The van der Waals surface area contributed by atoms with Gasteiger partial charge in [0.25, 0.3) is 0 Å². The summed E-state index contributed by atoms with van der Waals surface area (Å²) in [6.45, 7) is 4.90. The maximum atomic E-state index is 12.4. The number of amides is 1. The number of likely N-dealkylation sites (tertiary alicyclic amines) is 1. The van der Waals surface area contributed by atoms with Crippen molar-refractivity contribution < 1.29 is 9.53 Å². The van der Waals surface area contributed by atoms with E-state index in [0.717, 1.165) is 42.5 Å². The number of aromatic nitrogens is 3. The summed E-state index contributed by atoms with van der Waals surface area (Å²) in [7, 11) is 0. The van der Waals surface area contributed by atoms with Crippen LogP contribution in [0.4, 0.5) is 5.82 Å². The van der Waals surface area contributed by atoms with Crippen LogP contribution in [0.3, 0.4) is 0 Å². The molecule has 1 aliphatic heterocycles. The maximum Gasteiger partial charge on any atom is 0.246 e. The van der Waals surface area contributed by atoms with Crippen molar-refractivity contribution in [1.29, 1.82) is 0 Å². The molecular formula is C19H25N5O2. The second-order valence-corrected chi connectivity index (χ2v) is 7.12. The average molecular weight is 355 g/mol. The number of nitrogens with one attached hydrogen (secondary N) is 2. The number of ether oxygens (including phenoxy) is 1. The summed E-state index contributed by atoms with van der Waals surface area (Å²) in [5, 5.41) is 4.45. The molecule has 0 aromatic carbocycles. The number of carbonyl (C=O) groups excluding carboxylic acids is 1. The molecule has 2 atom stereocenters. The van der Waals surface area contributed by atoms with Crippen LogP contribution >= 0.6 is 0 Å². The molecule has 7 nitrogen and oxygen atoms in total. The van der Waals surface area contributed by atoms with Crippen molar-refractivity contribution in [1.82, 2.24) is 19.9 Å². The van der Waals surface area contributed by atoms with Gasteiger partial charge in [0.15, 0.2) is 0 Å². The van der Waals surface area contributed by atoms with Crippen LogP contribution in [0.25, 0.3) is 11.0 Å². The van der Waals surface area contributed by atoms with Gasteiger partial charge in [0.1, 0.15) is 17.8 Å². The van der Waals surface area contributed by atoms with Crippen LogP contribution in [0.5, 0.6) is 0 Å². The standard InChI is InChI=1S/C19H25N5O2/c1-2-17(25)24-10-13(6-7-14(24)11-26-15-4-3-5-15)23-19-16-8-9-20-18(16)21-12-22-19/h2,8-9,12-15H,1,3-7,10-11H2,(H2,20,21,22,23)/t13-,14-/m1/s1. The molecule has 0 radical (unpaired) electrons. The van der Waals surface area contributed by atoms with E-state index in [9.17, 15) is 4.79 Å². The highest BCUT2D eigenvalue weighted by molar-refractivity contribution is 5.88. The first kappa shape index (κ1) is 17.0. The van der Waals surface area contributed by atoms with Crippen molar-refractivity contribution in [3.63, 3.8) is 0 Å². The van der Waals surface area contributed by atoms with E-state index in [0.29, 0.717) is 19.3 Å². The fourth-order valence-corrected chi connectivity index (χ4v) is 3.67. The first-order valence-corrected chi connectivity index (χ1v) is 9.34. The van der Waals surface area contributed by atoms with E-state index < -0.39 is 0 Å². The Balaban J connectivity index is 1.43. The zero-order chi connectivity index (χ0) is 17.9. The number of hydrogen-bond acceptors (Lipinski definition) is 5. The Morgan fingerprint density at radius 2 is 2.27 bits per heavy atom. The van der Waals surface area contributed by atoms with E-state index in [2.05, 4.69) is 26.8 Å². The summed E-state index contributed by atoms with van der Waals surface area (Å²) < 4.78 is 5.97. The number of H-pyrrole nitrogens is 1. The zero-order valence-electron chi connectivity index (χ0n) is 14.9. The van der Waals surface area contributed by atoms with Gasteiger partial charge in [-0.3, -0.25) is 4.79 Å². The number of rotatable bonds is 6. The Labute approximate surface area is 152 Å². The first-order valence-electron chi connectivity index (χ1n) is 9.34. The molecule has 0 unspecified atom stereocenters. The van der Waals surface area contributed by atoms with E-state index >= 15 is 0 Å². The lowest BCUT2D eigenvalue weighted by Crippen LogP contribution is -2.52. The summed E-state index contributed by atoms with van der Waals surface area (Å²) >= 11 is 0. The monoisotopic (exact) mass is 355 g/mol. The second kappa shape index (κ2) is 7.45. The molecule has 1 aliphatic carbocycles. The summed E-state index contributed by atoms with van der Waals surface area (Å²) in [5.74, 6) is 0.768. The zero-order valence-corrected chi connectivity index (χ0v) is 14.9. The minimum absolute atomic E-state index is 0.0341. The molecular weight excluding hydrogens is 330 g/mol. The van der Waals surface area contributed by atoms with Crippen LogP contribution < -0.4 is 5.32 Å². The Bertz CT molecular complexity index is 785. The SMILES string of the molecule is C=CC(=O)N1C[C@H](Nc2ncnc3[nH]ccc23)CC[C@@H]1COC1CCC1. The molecule has 2 N–H and O–H groups in total. The molecule has 3 heterocycles. The highest BCUT2D eigenvalue weighted by atomic mass is 16.5. The van der Waals surface area contributed by atoms with Crippen LogP contribution in [0.15, 0.2) is 31.2 Å².